The van der Waals surface area contributed by atoms with E-state index >= 15 is 0 Å². The molecule has 0 saturated carbocycles. The van der Waals surface area contributed by atoms with Gasteiger partial charge >= 0.3 is 0 Å². The van der Waals surface area contributed by atoms with E-state index in [1.165, 1.54) is 11.3 Å². The van der Waals surface area contributed by atoms with E-state index in [0.29, 0.717) is 5.13 Å². The van der Waals surface area contributed by atoms with Crippen molar-refractivity contribution < 1.29 is 0 Å². The van der Waals surface area contributed by atoms with Crippen molar-refractivity contribution in [1.82, 2.24) is 14.9 Å². The number of aromatic nitrogens is 2. The lowest BCUT2D eigenvalue weighted by molar-refractivity contribution is 0.271. The molecule has 0 aromatic carbocycles. The number of piperazine rings is 1. The lowest BCUT2D eigenvalue weighted by Crippen LogP contribution is -2.46. The zero-order valence-corrected chi connectivity index (χ0v) is 12.5. The molecule has 1 saturated heterocycles. The van der Waals surface area contributed by atoms with Gasteiger partial charge in [-0.3, -0.25) is 0 Å². The van der Waals surface area contributed by atoms with Gasteiger partial charge in [-0.15, -0.1) is 11.3 Å². The van der Waals surface area contributed by atoms with E-state index < -0.39 is 0 Å². The summed E-state index contributed by atoms with van der Waals surface area (Å²) in [5.74, 6) is 0. The number of likely N-dealkylation sites (N-methyl/N-ethyl adjacent to an activating group) is 1. The highest BCUT2D eigenvalue weighted by Crippen LogP contribution is 2.32. The minimum Gasteiger partial charge on any atom is -0.375 e. The van der Waals surface area contributed by atoms with Crippen molar-refractivity contribution in [2.75, 3.05) is 43.4 Å². The van der Waals surface area contributed by atoms with Crippen LogP contribution in [0.25, 0.3) is 10.6 Å². The van der Waals surface area contributed by atoms with Crippen LogP contribution in [0.3, 0.4) is 0 Å². The molecule has 3 heterocycles. The molecule has 1 aliphatic heterocycles. The van der Waals surface area contributed by atoms with Crippen molar-refractivity contribution in [3.8, 4) is 10.6 Å². The van der Waals surface area contributed by atoms with Crippen LogP contribution in [-0.2, 0) is 0 Å². The van der Waals surface area contributed by atoms with E-state index in [0.717, 1.165) is 48.4 Å². The van der Waals surface area contributed by atoms with Gasteiger partial charge in [0, 0.05) is 37.8 Å². The van der Waals surface area contributed by atoms with Crippen molar-refractivity contribution >= 4 is 32.9 Å². The molecule has 2 aromatic heterocycles. The molecule has 0 aliphatic carbocycles. The predicted molar refractivity (Wildman–Crippen MR) is 82.0 cm³/mol. The summed E-state index contributed by atoms with van der Waals surface area (Å²) in [5, 5.41) is 3.70. The average molecular weight is 295 g/mol. The zero-order valence-electron chi connectivity index (χ0n) is 10.9. The van der Waals surface area contributed by atoms with Gasteiger partial charge < -0.3 is 15.5 Å². The Morgan fingerprint density at radius 2 is 2.11 bits per heavy atom. The first-order valence-corrected chi connectivity index (χ1v) is 8.10. The van der Waals surface area contributed by atoms with Gasteiger partial charge in [-0.1, -0.05) is 18.3 Å². The molecule has 0 spiro atoms. The molecule has 1 aliphatic rings. The molecule has 102 valence electrons. The third-order valence-electron chi connectivity index (χ3n) is 3.36. The van der Waals surface area contributed by atoms with Crippen molar-refractivity contribution in [3.63, 3.8) is 0 Å². The van der Waals surface area contributed by atoms with Crippen LogP contribution in [-0.4, -0.2) is 47.6 Å². The van der Waals surface area contributed by atoms with Gasteiger partial charge in [-0.25, -0.2) is 9.97 Å². The maximum Gasteiger partial charge on any atom is 0.185 e. The Balaban J connectivity index is 1.72. The highest BCUT2D eigenvalue weighted by Gasteiger charge is 2.19. The lowest BCUT2D eigenvalue weighted by Gasteiger charge is -2.33. The van der Waals surface area contributed by atoms with Crippen LogP contribution in [0.4, 0.5) is 10.3 Å². The molecule has 2 aromatic rings. The highest BCUT2D eigenvalue weighted by molar-refractivity contribution is 7.19. The summed E-state index contributed by atoms with van der Waals surface area (Å²) < 4.78 is 0. The standard InChI is InChI=1S/C12H17N5S2/c1-2-16-3-5-17(6-4-16)12-14-7-10(19-12)9-8-18-11(13)15-9/h7-8H,2-6H2,1H3,(H2,13,15). The minimum atomic E-state index is 0.613. The fraction of sp³-hybridized carbons (Fsp3) is 0.500. The van der Waals surface area contributed by atoms with Crippen LogP contribution in [0.2, 0.25) is 0 Å². The van der Waals surface area contributed by atoms with Crippen LogP contribution in [0.1, 0.15) is 6.92 Å². The Labute approximate surface area is 120 Å². The van der Waals surface area contributed by atoms with Gasteiger partial charge in [0.05, 0.1) is 10.6 Å². The number of nitrogens with zero attached hydrogens (tertiary/aromatic N) is 4. The first-order valence-electron chi connectivity index (χ1n) is 6.40. The van der Waals surface area contributed by atoms with E-state index in [9.17, 15) is 0 Å². The summed E-state index contributed by atoms with van der Waals surface area (Å²) in [6.07, 6.45) is 1.90. The van der Waals surface area contributed by atoms with Gasteiger partial charge in [-0.2, -0.15) is 0 Å². The van der Waals surface area contributed by atoms with E-state index in [4.69, 9.17) is 5.73 Å². The quantitative estimate of drug-likeness (QED) is 0.938. The maximum absolute atomic E-state index is 5.67. The third-order valence-corrected chi connectivity index (χ3v) is 5.11. The van der Waals surface area contributed by atoms with E-state index in [2.05, 4.69) is 26.7 Å². The predicted octanol–water partition coefficient (Wildman–Crippen LogP) is 1.99. The van der Waals surface area contributed by atoms with Crippen LogP contribution in [0, 0.1) is 0 Å². The van der Waals surface area contributed by atoms with Crippen LogP contribution < -0.4 is 10.6 Å². The fourth-order valence-electron chi connectivity index (χ4n) is 2.19. The molecule has 0 unspecified atom stereocenters. The second-order valence-electron chi connectivity index (χ2n) is 4.50. The number of nitrogens with two attached hydrogens (primary N) is 1. The van der Waals surface area contributed by atoms with E-state index in [1.807, 2.05) is 11.6 Å². The molecule has 19 heavy (non-hydrogen) atoms. The first kappa shape index (κ1) is 12.8. The first-order chi connectivity index (χ1) is 9.26. The molecule has 0 bridgehead atoms. The Hall–Kier alpha value is -1.18. The van der Waals surface area contributed by atoms with E-state index in [1.54, 1.807) is 11.3 Å². The molecule has 0 atom stereocenters. The summed E-state index contributed by atoms with van der Waals surface area (Å²) in [7, 11) is 0. The molecule has 7 heteroatoms. The fourth-order valence-corrected chi connectivity index (χ4v) is 3.75. The summed E-state index contributed by atoms with van der Waals surface area (Å²) >= 11 is 3.17. The van der Waals surface area contributed by atoms with Crippen LogP contribution in [0.5, 0.6) is 0 Å². The van der Waals surface area contributed by atoms with Crippen molar-refractivity contribution in [2.24, 2.45) is 0 Å². The van der Waals surface area contributed by atoms with Crippen molar-refractivity contribution in [3.05, 3.63) is 11.6 Å². The second-order valence-corrected chi connectivity index (χ2v) is 6.40. The Kier molecular flexibility index (Phi) is 3.67. The van der Waals surface area contributed by atoms with Gasteiger partial charge in [0.2, 0.25) is 0 Å². The minimum absolute atomic E-state index is 0.613. The lowest BCUT2D eigenvalue weighted by atomic mass is 10.3. The maximum atomic E-state index is 5.67. The molecule has 1 fully saturated rings. The monoisotopic (exact) mass is 295 g/mol. The number of thiazole rings is 2. The largest absolute Gasteiger partial charge is 0.375 e. The SMILES string of the molecule is CCN1CCN(c2ncc(-c3csc(N)n3)s2)CC1. The smallest absolute Gasteiger partial charge is 0.185 e. The number of nitrogen functional groups attached to an aromatic ring is 1. The molecular formula is C12H17N5S2. The zero-order chi connectivity index (χ0) is 13.2. The molecule has 0 amide bonds. The Bertz CT molecular complexity index is 542. The van der Waals surface area contributed by atoms with Gasteiger partial charge in [-0.05, 0) is 6.54 Å². The van der Waals surface area contributed by atoms with E-state index in [-0.39, 0.29) is 0 Å². The normalized spacial score (nSPS) is 17.0. The molecule has 3 rings (SSSR count). The summed E-state index contributed by atoms with van der Waals surface area (Å²) in [4.78, 5) is 14.8. The Morgan fingerprint density at radius 1 is 1.32 bits per heavy atom. The summed E-state index contributed by atoms with van der Waals surface area (Å²) in [6, 6.07) is 0. The third kappa shape index (κ3) is 2.72. The number of rotatable bonds is 3. The van der Waals surface area contributed by atoms with Gasteiger partial charge in [0.1, 0.15) is 0 Å². The average Bonchev–Trinajstić information content (AvgIpc) is 3.07. The summed E-state index contributed by atoms with van der Waals surface area (Å²) in [5.41, 5.74) is 6.61. The highest BCUT2D eigenvalue weighted by atomic mass is 32.1. The number of hydrogen-bond donors (Lipinski definition) is 1. The number of hydrogen-bond acceptors (Lipinski definition) is 7. The summed E-state index contributed by atoms with van der Waals surface area (Å²) in [6.45, 7) is 7.70. The Morgan fingerprint density at radius 3 is 2.74 bits per heavy atom. The second kappa shape index (κ2) is 5.44. The topological polar surface area (TPSA) is 58.3 Å². The van der Waals surface area contributed by atoms with Gasteiger partial charge in [0.15, 0.2) is 10.3 Å². The number of anilines is 2. The van der Waals surface area contributed by atoms with Crippen molar-refractivity contribution in [1.29, 1.82) is 0 Å². The van der Waals surface area contributed by atoms with Crippen LogP contribution >= 0.6 is 22.7 Å². The van der Waals surface area contributed by atoms with Crippen LogP contribution in [0.15, 0.2) is 11.6 Å². The van der Waals surface area contributed by atoms with Crippen molar-refractivity contribution in [2.45, 2.75) is 6.92 Å². The molecule has 2 N–H and O–H groups in total. The molecule has 0 radical (unpaired) electrons. The molecule has 5 nitrogen and oxygen atoms in total. The van der Waals surface area contributed by atoms with Gasteiger partial charge in [0.25, 0.3) is 0 Å². The molecular weight excluding hydrogens is 278 g/mol.